The summed E-state index contributed by atoms with van der Waals surface area (Å²) in [6.07, 6.45) is 0. The molecule has 0 aliphatic rings. The molecule has 0 spiro atoms. The Bertz CT molecular complexity index is 320. The molecule has 0 bridgehead atoms. The quantitative estimate of drug-likeness (QED) is 0.516. The SMILES string of the molecule is [2H]c1cccc(OB(O)O)c1OCOC. The van der Waals surface area contributed by atoms with E-state index in [0.29, 0.717) is 0 Å². The lowest BCUT2D eigenvalue weighted by atomic mass is 10.2. The van der Waals surface area contributed by atoms with Gasteiger partial charge in [-0.1, -0.05) is 12.1 Å². The Hall–Kier alpha value is -1.24. The number of hydrogen-bond donors (Lipinski definition) is 2. The Balaban J connectivity index is 2.87. The Morgan fingerprint density at radius 2 is 2.21 bits per heavy atom. The predicted octanol–water partition coefficient (Wildman–Crippen LogP) is 0.0176. The molecule has 0 aromatic heterocycles. The molecule has 0 radical (unpaired) electrons. The van der Waals surface area contributed by atoms with Crippen molar-refractivity contribution >= 4 is 7.32 Å². The van der Waals surface area contributed by atoms with Gasteiger partial charge >= 0.3 is 7.32 Å². The summed E-state index contributed by atoms with van der Waals surface area (Å²) in [6.45, 7) is -0.0478. The van der Waals surface area contributed by atoms with Gasteiger partial charge in [-0.25, -0.2) is 0 Å². The first-order valence-electron chi connectivity index (χ1n) is 4.39. The maximum absolute atomic E-state index is 8.63. The molecule has 0 aliphatic carbocycles. The third kappa shape index (κ3) is 3.25. The zero-order chi connectivity index (χ0) is 11.3. The molecule has 6 heteroatoms. The number of para-hydroxylation sites is 2. The van der Waals surface area contributed by atoms with Crippen molar-refractivity contribution in [1.29, 1.82) is 0 Å². The standard InChI is InChI=1S/C8H11BO5/c1-12-6-13-7-4-2-3-5-8(7)14-9(10)11/h2-5,10-11H,6H2,1H3/i4D. The lowest BCUT2D eigenvalue weighted by molar-refractivity contribution is 0.0494. The van der Waals surface area contributed by atoms with Gasteiger partial charge in [0.2, 0.25) is 0 Å². The maximum atomic E-state index is 8.63. The fourth-order valence-electron chi connectivity index (χ4n) is 0.843. The average Bonchev–Trinajstić information content (AvgIpc) is 2.16. The fourth-order valence-corrected chi connectivity index (χ4v) is 0.843. The van der Waals surface area contributed by atoms with Gasteiger partial charge in [0.15, 0.2) is 12.5 Å². The highest BCUT2D eigenvalue weighted by Crippen LogP contribution is 2.26. The highest BCUT2D eigenvalue weighted by molar-refractivity contribution is 6.33. The fraction of sp³-hybridized carbons (Fsp3) is 0.250. The van der Waals surface area contributed by atoms with Crippen LogP contribution < -0.4 is 9.39 Å². The van der Waals surface area contributed by atoms with Crippen LogP contribution in [-0.2, 0) is 4.74 Å². The molecular formula is C8H11BO5. The monoisotopic (exact) mass is 199 g/mol. The number of benzene rings is 1. The lowest BCUT2D eigenvalue weighted by Crippen LogP contribution is -2.21. The normalized spacial score (nSPS) is 10.6. The van der Waals surface area contributed by atoms with E-state index in [-0.39, 0.29) is 24.3 Å². The van der Waals surface area contributed by atoms with E-state index in [0.717, 1.165) is 0 Å². The Morgan fingerprint density at radius 1 is 1.43 bits per heavy atom. The molecule has 1 rings (SSSR count). The van der Waals surface area contributed by atoms with Crippen LogP contribution in [0.25, 0.3) is 0 Å². The molecule has 1 aromatic carbocycles. The third-order valence-corrected chi connectivity index (χ3v) is 1.34. The van der Waals surface area contributed by atoms with Gasteiger partial charge in [-0.15, -0.1) is 0 Å². The molecule has 5 nitrogen and oxygen atoms in total. The topological polar surface area (TPSA) is 68.2 Å². The number of methoxy groups -OCH3 is 1. The second-order valence-corrected chi connectivity index (χ2v) is 2.36. The van der Waals surface area contributed by atoms with Crippen molar-refractivity contribution in [2.75, 3.05) is 13.9 Å². The van der Waals surface area contributed by atoms with Crippen LogP contribution in [0.5, 0.6) is 11.5 Å². The molecule has 0 heterocycles. The molecule has 1 aromatic rings. The van der Waals surface area contributed by atoms with Crippen molar-refractivity contribution in [2.45, 2.75) is 0 Å². The lowest BCUT2D eigenvalue weighted by Gasteiger charge is -2.10. The summed E-state index contributed by atoms with van der Waals surface area (Å²) in [4.78, 5) is 0. The van der Waals surface area contributed by atoms with Gasteiger partial charge in [0.05, 0.1) is 1.37 Å². The van der Waals surface area contributed by atoms with Gasteiger partial charge in [-0.2, -0.15) is 0 Å². The molecule has 0 saturated carbocycles. The van der Waals surface area contributed by atoms with Gasteiger partial charge in [0.25, 0.3) is 0 Å². The zero-order valence-electron chi connectivity index (χ0n) is 8.64. The van der Waals surface area contributed by atoms with Crippen LogP contribution in [0.15, 0.2) is 24.2 Å². The highest BCUT2D eigenvalue weighted by atomic mass is 16.7. The molecule has 0 aliphatic heterocycles. The summed E-state index contributed by atoms with van der Waals surface area (Å²) in [5.41, 5.74) is 0. The Morgan fingerprint density at radius 3 is 2.86 bits per heavy atom. The first kappa shape index (κ1) is 9.33. The van der Waals surface area contributed by atoms with Gasteiger partial charge in [-0.3, -0.25) is 0 Å². The average molecular weight is 199 g/mol. The zero-order valence-corrected chi connectivity index (χ0v) is 7.64. The van der Waals surface area contributed by atoms with Crippen molar-refractivity contribution < 1.29 is 25.5 Å². The maximum Gasteiger partial charge on any atom is 0.707 e. The Kier molecular flexibility index (Phi) is 3.65. The van der Waals surface area contributed by atoms with Crippen LogP contribution >= 0.6 is 0 Å². The molecule has 76 valence electrons. The minimum absolute atomic E-state index is 0.0478. The molecule has 2 N–H and O–H groups in total. The first-order valence-corrected chi connectivity index (χ1v) is 3.89. The molecular weight excluding hydrogens is 187 g/mol. The van der Waals surface area contributed by atoms with Gasteiger partial charge < -0.3 is 24.2 Å². The molecule has 0 amide bonds. The summed E-state index contributed by atoms with van der Waals surface area (Å²) < 4.78 is 21.9. The summed E-state index contributed by atoms with van der Waals surface area (Å²) in [7, 11) is -0.509. The van der Waals surface area contributed by atoms with Crippen molar-refractivity contribution in [2.24, 2.45) is 0 Å². The van der Waals surface area contributed by atoms with Gasteiger partial charge in [0.1, 0.15) is 5.75 Å². The van der Waals surface area contributed by atoms with Crippen LogP contribution in [0.3, 0.4) is 0 Å². The van der Waals surface area contributed by atoms with Crippen LogP contribution in [0, 0.1) is 0 Å². The van der Waals surface area contributed by atoms with E-state index < -0.39 is 7.32 Å². The van der Waals surface area contributed by atoms with E-state index >= 15 is 0 Å². The molecule has 0 saturated heterocycles. The number of ether oxygens (including phenoxy) is 2. The first-order chi connectivity index (χ1) is 7.15. The van der Waals surface area contributed by atoms with Gasteiger partial charge in [-0.05, 0) is 12.1 Å². The van der Waals surface area contributed by atoms with Crippen LogP contribution in [0.4, 0.5) is 0 Å². The largest absolute Gasteiger partial charge is 0.707 e. The van der Waals surface area contributed by atoms with Crippen molar-refractivity contribution in [3.63, 3.8) is 0 Å². The minimum atomic E-state index is -1.95. The van der Waals surface area contributed by atoms with Crippen molar-refractivity contribution in [1.82, 2.24) is 0 Å². The van der Waals surface area contributed by atoms with E-state index in [1.807, 2.05) is 0 Å². The van der Waals surface area contributed by atoms with E-state index in [9.17, 15) is 0 Å². The summed E-state index contributed by atoms with van der Waals surface area (Å²) in [5.74, 6) is 0.182. The van der Waals surface area contributed by atoms with E-state index in [1.54, 1.807) is 6.07 Å². The smallest absolute Gasteiger partial charge is 0.509 e. The summed E-state index contributed by atoms with van der Waals surface area (Å²) in [5, 5.41) is 17.3. The molecule has 0 unspecified atom stereocenters. The van der Waals surface area contributed by atoms with E-state index in [2.05, 4.69) is 9.39 Å². The van der Waals surface area contributed by atoms with Crippen LogP contribution in [0.2, 0.25) is 0 Å². The van der Waals surface area contributed by atoms with Crippen LogP contribution in [-0.4, -0.2) is 31.3 Å². The summed E-state index contributed by atoms with van der Waals surface area (Å²) >= 11 is 0. The van der Waals surface area contributed by atoms with Crippen LogP contribution in [0.1, 0.15) is 1.37 Å². The number of hydrogen-bond acceptors (Lipinski definition) is 5. The number of rotatable bonds is 5. The molecule has 14 heavy (non-hydrogen) atoms. The molecule has 0 atom stereocenters. The van der Waals surface area contributed by atoms with Gasteiger partial charge in [0, 0.05) is 7.11 Å². The van der Waals surface area contributed by atoms with Crippen molar-refractivity contribution in [3.8, 4) is 11.5 Å². The third-order valence-electron chi connectivity index (χ3n) is 1.34. The van der Waals surface area contributed by atoms with E-state index in [1.165, 1.54) is 19.2 Å². The Labute approximate surface area is 83.4 Å². The highest BCUT2D eigenvalue weighted by Gasteiger charge is 2.14. The molecule has 0 fully saturated rings. The predicted molar refractivity (Wildman–Crippen MR) is 49.8 cm³/mol. The second kappa shape index (κ2) is 5.49. The van der Waals surface area contributed by atoms with Crippen molar-refractivity contribution in [3.05, 3.63) is 24.2 Å². The van der Waals surface area contributed by atoms with E-state index in [4.69, 9.17) is 16.2 Å². The minimum Gasteiger partial charge on any atom is -0.509 e. The second-order valence-electron chi connectivity index (χ2n) is 2.36. The summed E-state index contributed by atoms with van der Waals surface area (Å²) in [6, 6.07) is 4.56.